The summed E-state index contributed by atoms with van der Waals surface area (Å²) in [5, 5.41) is 0. The van der Waals surface area contributed by atoms with Crippen LogP contribution in [0, 0.1) is 17.7 Å². The fourth-order valence-corrected chi connectivity index (χ4v) is 7.23. The first-order valence-corrected chi connectivity index (χ1v) is 14.9. The Balaban J connectivity index is 1.33. The average Bonchev–Trinajstić information content (AvgIpc) is 3.68. The maximum atomic E-state index is 14.4. The minimum Gasteiger partial charge on any atom is -0.497 e. The zero-order chi connectivity index (χ0) is 24.1. The normalized spacial score (nSPS) is 23.2. The number of benzene rings is 2. The first kappa shape index (κ1) is 25.3. The van der Waals surface area contributed by atoms with Crippen molar-refractivity contribution in [3.63, 3.8) is 0 Å². The SMILES string of the molecule is CCOP(C)(=O)CC(c1cccc(OCC2CCC(c3cc(OC)ccc3F)CC2)c1)C1CC1. The highest BCUT2D eigenvalue weighted by atomic mass is 31.2. The molecule has 2 unspecified atom stereocenters. The fourth-order valence-electron chi connectivity index (χ4n) is 5.36. The average molecular weight is 489 g/mol. The van der Waals surface area contributed by atoms with E-state index in [0.717, 1.165) is 37.0 Å². The van der Waals surface area contributed by atoms with Gasteiger partial charge in [0.2, 0.25) is 7.37 Å². The first-order chi connectivity index (χ1) is 16.4. The Morgan fingerprint density at radius 2 is 1.79 bits per heavy atom. The number of rotatable bonds is 11. The zero-order valence-corrected chi connectivity index (χ0v) is 21.6. The van der Waals surface area contributed by atoms with Gasteiger partial charge in [-0.3, -0.25) is 4.57 Å². The number of methoxy groups -OCH3 is 1. The molecule has 0 heterocycles. The van der Waals surface area contributed by atoms with E-state index in [1.54, 1.807) is 19.8 Å². The second kappa shape index (κ2) is 11.3. The minimum absolute atomic E-state index is 0.136. The Hall–Kier alpha value is -1.84. The van der Waals surface area contributed by atoms with Crippen molar-refractivity contribution in [1.82, 2.24) is 0 Å². The van der Waals surface area contributed by atoms with Gasteiger partial charge in [0.25, 0.3) is 0 Å². The second-order valence-electron chi connectivity index (χ2n) is 10.0. The molecule has 2 aromatic carbocycles. The highest BCUT2D eigenvalue weighted by Gasteiger charge is 2.36. The van der Waals surface area contributed by atoms with Gasteiger partial charge in [-0.25, -0.2) is 4.39 Å². The molecular weight excluding hydrogens is 450 g/mol. The zero-order valence-electron chi connectivity index (χ0n) is 20.7. The van der Waals surface area contributed by atoms with Crippen LogP contribution in [0.1, 0.15) is 68.4 Å². The van der Waals surface area contributed by atoms with E-state index in [-0.39, 0.29) is 17.7 Å². The molecule has 2 saturated carbocycles. The van der Waals surface area contributed by atoms with Gasteiger partial charge < -0.3 is 14.0 Å². The quantitative estimate of drug-likeness (QED) is 0.305. The molecular formula is C28H38FO4P. The summed E-state index contributed by atoms with van der Waals surface area (Å²) in [7, 11) is -0.978. The molecule has 0 amide bonds. The number of halogens is 1. The molecule has 2 aromatic rings. The van der Waals surface area contributed by atoms with E-state index < -0.39 is 7.37 Å². The standard InChI is InChI=1S/C28H38FO4P/c1-4-33-34(3,30)19-27(22-12-13-22)23-6-5-7-25(16-23)32-18-20-8-10-21(11-9-20)26-17-24(31-2)14-15-28(26)29/h5-7,14-17,20-22,27H,4,8-13,18-19H2,1-3H3. The van der Waals surface area contributed by atoms with Gasteiger partial charge in [-0.2, -0.15) is 0 Å². The van der Waals surface area contributed by atoms with Gasteiger partial charge in [0, 0.05) is 12.8 Å². The van der Waals surface area contributed by atoms with E-state index in [1.165, 1.54) is 24.5 Å². The van der Waals surface area contributed by atoms with Gasteiger partial charge in [-0.1, -0.05) is 12.1 Å². The van der Waals surface area contributed by atoms with Crippen molar-refractivity contribution >= 4 is 7.37 Å². The summed E-state index contributed by atoms with van der Waals surface area (Å²) in [5.74, 6) is 3.03. The summed E-state index contributed by atoms with van der Waals surface area (Å²) >= 11 is 0. The summed E-state index contributed by atoms with van der Waals surface area (Å²) in [6, 6.07) is 13.4. The molecule has 2 fully saturated rings. The van der Waals surface area contributed by atoms with E-state index in [0.29, 0.717) is 37.0 Å². The highest BCUT2D eigenvalue weighted by molar-refractivity contribution is 7.58. The third-order valence-electron chi connectivity index (χ3n) is 7.38. The molecule has 0 N–H and O–H groups in total. The van der Waals surface area contributed by atoms with Crippen LogP contribution in [0.15, 0.2) is 42.5 Å². The lowest BCUT2D eigenvalue weighted by Crippen LogP contribution is -2.20. The molecule has 34 heavy (non-hydrogen) atoms. The lowest BCUT2D eigenvalue weighted by Gasteiger charge is -2.29. The molecule has 0 spiro atoms. The third kappa shape index (κ3) is 6.64. The maximum Gasteiger partial charge on any atom is 0.200 e. The predicted octanol–water partition coefficient (Wildman–Crippen LogP) is 7.63. The van der Waals surface area contributed by atoms with E-state index in [4.69, 9.17) is 14.0 Å². The third-order valence-corrected chi connectivity index (χ3v) is 9.24. The molecule has 2 atom stereocenters. The second-order valence-corrected chi connectivity index (χ2v) is 12.7. The van der Waals surface area contributed by atoms with Crippen LogP contribution in [0.3, 0.4) is 0 Å². The number of hydrogen-bond donors (Lipinski definition) is 0. The molecule has 0 aromatic heterocycles. The Morgan fingerprint density at radius 1 is 1.03 bits per heavy atom. The van der Waals surface area contributed by atoms with Crippen LogP contribution in [-0.2, 0) is 9.09 Å². The molecule has 186 valence electrons. The van der Waals surface area contributed by atoms with Crippen LogP contribution in [0.25, 0.3) is 0 Å². The summed E-state index contributed by atoms with van der Waals surface area (Å²) in [6.07, 6.45) is 6.96. The van der Waals surface area contributed by atoms with Gasteiger partial charge in [0.1, 0.15) is 17.3 Å². The van der Waals surface area contributed by atoms with Crippen molar-refractivity contribution in [3.8, 4) is 11.5 Å². The van der Waals surface area contributed by atoms with Crippen molar-refractivity contribution in [3.05, 3.63) is 59.4 Å². The van der Waals surface area contributed by atoms with E-state index in [1.807, 2.05) is 25.1 Å². The van der Waals surface area contributed by atoms with Gasteiger partial charge in [-0.15, -0.1) is 0 Å². The van der Waals surface area contributed by atoms with Crippen LogP contribution in [0.2, 0.25) is 0 Å². The maximum absolute atomic E-state index is 14.4. The van der Waals surface area contributed by atoms with Crippen LogP contribution in [0.4, 0.5) is 4.39 Å². The highest BCUT2D eigenvalue weighted by Crippen LogP contribution is 2.53. The smallest absolute Gasteiger partial charge is 0.200 e. The fraction of sp³-hybridized carbons (Fsp3) is 0.571. The lowest BCUT2D eigenvalue weighted by molar-refractivity contribution is 0.199. The van der Waals surface area contributed by atoms with Crippen molar-refractivity contribution in [2.75, 3.05) is 33.2 Å². The van der Waals surface area contributed by atoms with Gasteiger partial charge >= 0.3 is 0 Å². The van der Waals surface area contributed by atoms with Crippen LogP contribution < -0.4 is 9.47 Å². The molecule has 6 heteroatoms. The number of ether oxygens (including phenoxy) is 2. The predicted molar refractivity (Wildman–Crippen MR) is 135 cm³/mol. The van der Waals surface area contributed by atoms with Crippen molar-refractivity contribution in [2.24, 2.45) is 11.8 Å². The van der Waals surface area contributed by atoms with Gasteiger partial charge in [0.15, 0.2) is 0 Å². The van der Waals surface area contributed by atoms with Gasteiger partial charge in [-0.05, 0) is 111 Å². The van der Waals surface area contributed by atoms with Crippen molar-refractivity contribution in [2.45, 2.75) is 57.3 Å². The minimum atomic E-state index is -2.60. The van der Waals surface area contributed by atoms with Crippen molar-refractivity contribution in [1.29, 1.82) is 0 Å². The topological polar surface area (TPSA) is 44.8 Å². The molecule has 0 aliphatic heterocycles. The Morgan fingerprint density at radius 3 is 2.47 bits per heavy atom. The lowest BCUT2D eigenvalue weighted by atomic mass is 9.79. The Kier molecular flexibility index (Phi) is 8.37. The molecule has 4 nitrogen and oxygen atoms in total. The summed E-state index contributed by atoms with van der Waals surface area (Å²) in [6.45, 7) is 4.83. The Bertz CT molecular complexity index is 998. The van der Waals surface area contributed by atoms with Crippen LogP contribution in [0.5, 0.6) is 11.5 Å². The molecule has 2 aliphatic carbocycles. The number of hydrogen-bond acceptors (Lipinski definition) is 4. The summed E-state index contributed by atoms with van der Waals surface area (Å²) in [5.41, 5.74) is 1.98. The summed E-state index contributed by atoms with van der Waals surface area (Å²) < 4.78 is 44.3. The van der Waals surface area contributed by atoms with E-state index in [9.17, 15) is 8.96 Å². The summed E-state index contributed by atoms with van der Waals surface area (Å²) in [4.78, 5) is 0. The molecule has 0 bridgehead atoms. The molecule has 0 radical (unpaired) electrons. The van der Waals surface area contributed by atoms with Gasteiger partial charge in [0.05, 0.1) is 20.3 Å². The molecule has 0 saturated heterocycles. The van der Waals surface area contributed by atoms with E-state index in [2.05, 4.69) is 12.1 Å². The molecule has 2 aliphatic rings. The van der Waals surface area contributed by atoms with Crippen LogP contribution in [-0.4, -0.2) is 33.2 Å². The molecule has 4 rings (SSSR count). The largest absolute Gasteiger partial charge is 0.497 e. The Labute approximate surface area is 203 Å². The van der Waals surface area contributed by atoms with Crippen molar-refractivity contribution < 1.29 is 23.0 Å². The van der Waals surface area contributed by atoms with E-state index >= 15 is 0 Å². The first-order valence-electron chi connectivity index (χ1n) is 12.7. The monoisotopic (exact) mass is 488 g/mol. The van der Waals surface area contributed by atoms with Crippen LogP contribution >= 0.6 is 7.37 Å².